The number of hydrogen-bond donors (Lipinski definition) is 1. The molecule has 0 atom stereocenters. The third-order valence-corrected chi connectivity index (χ3v) is 5.15. The standard InChI is InChI=1S/C21H28N4O4/c1-2-29-21(28)24-13-10-17(11-14-24)22-19(26)8-9-20(27)25-15-12-18(23-25)16-6-4-3-5-7-16/h3-7,17H,2,8-15H2,1H3,(H,22,26). The molecule has 156 valence electrons. The number of carbonyl (C=O) groups is 3. The largest absolute Gasteiger partial charge is 0.450 e. The predicted molar refractivity (Wildman–Crippen MR) is 108 cm³/mol. The van der Waals surface area contributed by atoms with Crippen molar-refractivity contribution in [2.45, 2.75) is 45.1 Å². The minimum absolute atomic E-state index is 0.0257. The number of benzene rings is 1. The maximum atomic E-state index is 12.4. The second-order valence-electron chi connectivity index (χ2n) is 7.21. The van der Waals surface area contributed by atoms with Crippen LogP contribution in [-0.2, 0) is 14.3 Å². The molecule has 0 aromatic heterocycles. The van der Waals surface area contributed by atoms with Gasteiger partial charge in [-0.1, -0.05) is 30.3 Å². The molecule has 0 radical (unpaired) electrons. The molecule has 2 aliphatic heterocycles. The number of amides is 3. The third-order valence-electron chi connectivity index (χ3n) is 5.15. The summed E-state index contributed by atoms with van der Waals surface area (Å²) in [6, 6.07) is 9.83. The number of rotatable bonds is 6. The second kappa shape index (κ2) is 10.0. The molecule has 0 spiro atoms. The monoisotopic (exact) mass is 400 g/mol. The van der Waals surface area contributed by atoms with Gasteiger partial charge in [0.25, 0.3) is 0 Å². The maximum absolute atomic E-state index is 12.4. The van der Waals surface area contributed by atoms with Crippen molar-refractivity contribution in [2.24, 2.45) is 5.10 Å². The van der Waals surface area contributed by atoms with Crippen LogP contribution in [0.3, 0.4) is 0 Å². The van der Waals surface area contributed by atoms with E-state index in [9.17, 15) is 14.4 Å². The zero-order valence-electron chi connectivity index (χ0n) is 16.8. The van der Waals surface area contributed by atoms with Crippen LogP contribution in [0.5, 0.6) is 0 Å². The summed E-state index contributed by atoms with van der Waals surface area (Å²) < 4.78 is 4.99. The van der Waals surface area contributed by atoms with Crippen LogP contribution in [0.4, 0.5) is 4.79 Å². The van der Waals surface area contributed by atoms with E-state index in [1.165, 1.54) is 5.01 Å². The fourth-order valence-corrected chi connectivity index (χ4v) is 3.54. The highest BCUT2D eigenvalue weighted by atomic mass is 16.6. The number of ether oxygens (including phenoxy) is 1. The molecule has 1 saturated heterocycles. The van der Waals surface area contributed by atoms with E-state index in [0.717, 1.165) is 17.7 Å². The molecule has 29 heavy (non-hydrogen) atoms. The van der Waals surface area contributed by atoms with Gasteiger partial charge in [-0.15, -0.1) is 0 Å². The van der Waals surface area contributed by atoms with Crippen LogP contribution < -0.4 is 5.32 Å². The van der Waals surface area contributed by atoms with Crippen molar-refractivity contribution in [3.8, 4) is 0 Å². The van der Waals surface area contributed by atoms with Crippen LogP contribution in [0.15, 0.2) is 35.4 Å². The zero-order chi connectivity index (χ0) is 20.6. The van der Waals surface area contributed by atoms with E-state index in [1.54, 1.807) is 11.8 Å². The van der Waals surface area contributed by atoms with E-state index in [-0.39, 0.29) is 36.8 Å². The van der Waals surface area contributed by atoms with E-state index in [1.807, 2.05) is 30.3 Å². The van der Waals surface area contributed by atoms with Crippen LogP contribution in [0.1, 0.15) is 44.6 Å². The highest BCUT2D eigenvalue weighted by Crippen LogP contribution is 2.15. The first-order valence-electron chi connectivity index (χ1n) is 10.2. The Morgan fingerprint density at radius 1 is 1.10 bits per heavy atom. The van der Waals surface area contributed by atoms with Crippen LogP contribution in [0, 0.1) is 0 Å². The lowest BCUT2D eigenvalue weighted by molar-refractivity contribution is -0.133. The van der Waals surface area contributed by atoms with Crippen molar-refractivity contribution in [2.75, 3.05) is 26.2 Å². The molecule has 1 N–H and O–H groups in total. The Hall–Kier alpha value is -2.90. The van der Waals surface area contributed by atoms with Crippen molar-refractivity contribution in [3.05, 3.63) is 35.9 Å². The van der Waals surface area contributed by atoms with Gasteiger partial charge in [-0.25, -0.2) is 9.80 Å². The van der Waals surface area contributed by atoms with Crippen molar-refractivity contribution < 1.29 is 19.1 Å². The zero-order valence-corrected chi connectivity index (χ0v) is 16.8. The Labute approximate surface area is 170 Å². The Balaban J connectivity index is 1.38. The minimum Gasteiger partial charge on any atom is -0.450 e. The summed E-state index contributed by atoms with van der Waals surface area (Å²) in [5.74, 6) is -0.275. The molecule has 1 aromatic carbocycles. The van der Waals surface area contributed by atoms with E-state index in [0.29, 0.717) is 39.1 Å². The summed E-state index contributed by atoms with van der Waals surface area (Å²) in [4.78, 5) is 38.0. The van der Waals surface area contributed by atoms with Crippen LogP contribution in [-0.4, -0.2) is 65.8 Å². The SMILES string of the molecule is CCOC(=O)N1CCC(NC(=O)CCC(=O)N2CCC(c3ccccc3)=N2)CC1. The van der Waals surface area contributed by atoms with Crippen LogP contribution in [0.2, 0.25) is 0 Å². The molecule has 0 unspecified atom stereocenters. The molecule has 3 amide bonds. The van der Waals surface area contributed by atoms with Gasteiger partial charge in [-0.3, -0.25) is 9.59 Å². The minimum atomic E-state index is -0.302. The smallest absolute Gasteiger partial charge is 0.409 e. The van der Waals surface area contributed by atoms with E-state index < -0.39 is 0 Å². The molecule has 0 aliphatic carbocycles. The van der Waals surface area contributed by atoms with Gasteiger partial charge in [0.1, 0.15) is 0 Å². The normalized spacial score (nSPS) is 17.1. The van der Waals surface area contributed by atoms with Gasteiger partial charge in [0.2, 0.25) is 11.8 Å². The second-order valence-corrected chi connectivity index (χ2v) is 7.21. The van der Waals surface area contributed by atoms with Crippen molar-refractivity contribution in [1.29, 1.82) is 0 Å². The molecule has 0 saturated carbocycles. The van der Waals surface area contributed by atoms with Gasteiger partial charge in [0.15, 0.2) is 0 Å². The van der Waals surface area contributed by atoms with Gasteiger partial charge in [-0.05, 0) is 25.3 Å². The Morgan fingerprint density at radius 2 is 1.83 bits per heavy atom. The van der Waals surface area contributed by atoms with Crippen LogP contribution >= 0.6 is 0 Å². The lowest BCUT2D eigenvalue weighted by atomic mass is 10.1. The molecule has 0 bridgehead atoms. The number of nitrogens with zero attached hydrogens (tertiary/aromatic N) is 3. The molecule has 1 fully saturated rings. The van der Waals surface area contributed by atoms with Crippen molar-refractivity contribution in [3.63, 3.8) is 0 Å². The Kier molecular flexibility index (Phi) is 7.21. The molecule has 3 rings (SSSR count). The Bertz CT molecular complexity index is 757. The first-order chi connectivity index (χ1) is 14.1. The number of hydrazone groups is 1. The highest BCUT2D eigenvalue weighted by Gasteiger charge is 2.25. The summed E-state index contributed by atoms with van der Waals surface area (Å²) in [5.41, 5.74) is 1.92. The van der Waals surface area contributed by atoms with E-state index in [4.69, 9.17) is 4.74 Å². The first-order valence-corrected chi connectivity index (χ1v) is 10.2. The number of piperidine rings is 1. The quantitative estimate of drug-likeness (QED) is 0.792. The van der Waals surface area contributed by atoms with Gasteiger partial charge >= 0.3 is 6.09 Å². The highest BCUT2D eigenvalue weighted by molar-refractivity contribution is 6.02. The van der Waals surface area contributed by atoms with Gasteiger partial charge in [0.05, 0.1) is 18.9 Å². The first kappa shape index (κ1) is 20.8. The molecule has 8 heteroatoms. The van der Waals surface area contributed by atoms with Crippen molar-refractivity contribution in [1.82, 2.24) is 15.2 Å². The summed E-state index contributed by atoms with van der Waals surface area (Å²) in [7, 11) is 0. The Morgan fingerprint density at radius 3 is 2.52 bits per heavy atom. The van der Waals surface area contributed by atoms with E-state index >= 15 is 0 Å². The number of likely N-dealkylation sites (tertiary alicyclic amines) is 1. The number of hydrogen-bond acceptors (Lipinski definition) is 5. The molecular weight excluding hydrogens is 372 g/mol. The van der Waals surface area contributed by atoms with Gasteiger partial charge < -0.3 is 15.0 Å². The number of carbonyl (C=O) groups excluding carboxylic acids is 3. The summed E-state index contributed by atoms with van der Waals surface area (Å²) in [6.45, 7) is 3.82. The average Bonchev–Trinajstić information content (AvgIpc) is 3.24. The average molecular weight is 400 g/mol. The summed E-state index contributed by atoms with van der Waals surface area (Å²) in [5, 5.41) is 8.84. The topological polar surface area (TPSA) is 91.3 Å². The fraction of sp³-hybridized carbons (Fsp3) is 0.524. The molecule has 1 aromatic rings. The number of nitrogens with one attached hydrogen (secondary N) is 1. The lowest BCUT2D eigenvalue weighted by Crippen LogP contribution is -2.46. The molecule has 8 nitrogen and oxygen atoms in total. The van der Waals surface area contributed by atoms with Crippen molar-refractivity contribution >= 4 is 23.6 Å². The molecular formula is C21H28N4O4. The third kappa shape index (κ3) is 5.79. The molecule has 2 aliphatic rings. The van der Waals surface area contributed by atoms with E-state index in [2.05, 4.69) is 10.4 Å². The lowest BCUT2D eigenvalue weighted by Gasteiger charge is -2.31. The fourth-order valence-electron chi connectivity index (χ4n) is 3.54. The van der Waals surface area contributed by atoms with Crippen LogP contribution in [0.25, 0.3) is 0 Å². The predicted octanol–water partition coefficient (Wildman–Crippen LogP) is 2.14. The summed E-state index contributed by atoms with van der Waals surface area (Å²) in [6.07, 6.45) is 2.08. The summed E-state index contributed by atoms with van der Waals surface area (Å²) >= 11 is 0. The van der Waals surface area contributed by atoms with Gasteiger partial charge in [0, 0.05) is 38.4 Å². The molecule has 2 heterocycles. The van der Waals surface area contributed by atoms with Gasteiger partial charge in [-0.2, -0.15) is 5.10 Å². The maximum Gasteiger partial charge on any atom is 0.409 e.